The summed E-state index contributed by atoms with van der Waals surface area (Å²) in [6, 6.07) is 6.61. The van der Waals surface area contributed by atoms with Crippen molar-refractivity contribution in [1.82, 2.24) is 0 Å². The molecular formula is C15H26N2O. The van der Waals surface area contributed by atoms with Gasteiger partial charge in [0.05, 0.1) is 7.11 Å². The Labute approximate surface area is 111 Å². The summed E-state index contributed by atoms with van der Waals surface area (Å²) >= 11 is 0. The second-order valence-corrected chi connectivity index (χ2v) is 4.73. The molecule has 3 nitrogen and oxygen atoms in total. The monoisotopic (exact) mass is 250 g/mol. The first-order valence-electron chi connectivity index (χ1n) is 6.75. The maximum atomic E-state index is 6.12. The van der Waals surface area contributed by atoms with Gasteiger partial charge in [-0.05, 0) is 39.3 Å². The zero-order valence-corrected chi connectivity index (χ0v) is 12.2. The van der Waals surface area contributed by atoms with Crippen molar-refractivity contribution in [2.45, 2.75) is 46.2 Å². The average Bonchev–Trinajstić information content (AvgIpc) is 2.38. The maximum Gasteiger partial charge on any atom is 0.125 e. The SMILES string of the molecule is CCC(C)N(CC)c1cccc(OC)c1[C@H](C)N. The van der Waals surface area contributed by atoms with Crippen molar-refractivity contribution >= 4 is 5.69 Å². The second kappa shape index (κ2) is 6.64. The Bertz CT molecular complexity index is 377. The minimum atomic E-state index is -0.0331. The lowest BCUT2D eigenvalue weighted by molar-refractivity contribution is 0.406. The quantitative estimate of drug-likeness (QED) is 0.841. The van der Waals surface area contributed by atoms with Gasteiger partial charge >= 0.3 is 0 Å². The van der Waals surface area contributed by atoms with E-state index >= 15 is 0 Å². The van der Waals surface area contributed by atoms with Crippen molar-refractivity contribution < 1.29 is 4.74 Å². The third-order valence-corrected chi connectivity index (χ3v) is 3.49. The summed E-state index contributed by atoms with van der Waals surface area (Å²) in [5.41, 5.74) is 8.41. The van der Waals surface area contributed by atoms with E-state index in [9.17, 15) is 0 Å². The van der Waals surface area contributed by atoms with Crippen molar-refractivity contribution in [3.8, 4) is 5.75 Å². The normalized spacial score (nSPS) is 14.1. The smallest absolute Gasteiger partial charge is 0.125 e. The van der Waals surface area contributed by atoms with Crippen LogP contribution in [0.25, 0.3) is 0 Å². The molecule has 0 heterocycles. The Morgan fingerprint density at radius 1 is 1.28 bits per heavy atom. The van der Waals surface area contributed by atoms with Gasteiger partial charge in [0.2, 0.25) is 0 Å². The number of ether oxygens (including phenoxy) is 1. The first-order chi connectivity index (χ1) is 8.56. The van der Waals surface area contributed by atoms with E-state index in [0.29, 0.717) is 6.04 Å². The van der Waals surface area contributed by atoms with Gasteiger partial charge < -0.3 is 15.4 Å². The summed E-state index contributed by atoms with van der Waals surface area (Å²) in [6.07, 6.45) is 1.11. The molecule has 0 saturated heterocycles. The van der Waals surface area contributed by atoms with Crippen LogP contribution in [-0.2, 0) is 0 Å². The van der Waals surface area contributed by atoms with Gasteiger partial charge in [-0.15, -0.1) is 0 Å². The predicted octanol–water partition coefficient (Wildman–Crippen LogP) is 3.34. The third kappa shape index (κ3) is 2.96. The van der Waals surface area contributed by atoms with Gasteiger partial charge in [0, 0.05) is 29.9 Å². The van der Waals surface area contributed by atoms with E-state index in [1.54, 1.807) is 7.11 Å². The summed E-state index contributed by atoms with van der Waals surface area (Å²) in [7, 11) is 1.70. The molecule has 18 heavy (non-hydrogen) atoms. The maximum absolute atomic E-state index is 6.12. The summed E-state index contributed by atoms with van der Waals surface area (Å²) in [5, 5.41) is 0. The van der Waals surface area contributed by atoms with Crippen LogP contribution in [0.4, 0.5) is 5.69 Å². The van der Waals surface area contributed by atoms with Crippen LogP contribution in [0.3, 0.4) is 0 Å². The lowest BCUT2D eigenvalue weighted by Gasteiger charge is -2.32. The molecule has 1 aromatic carbocycles. The number of methoxy groups -OCH3 is 1. The fourth-order valence-electron chi connectivity index (χ4n) is 2.36. The van der Waals surface area contributed by atoms with Gasteiger partial charge in [-0.1, -0.05) is 13.0 Å². The lowest BCUT2D eigenvalue weighted by Crippen LogP contribution is -2.33. The first-order valence-corrected chi connectivity index (χ1v) is 6.75. The molecule has 0 aliphatic heterocycles. The number of hydrogen-bond donors (Lipinski definition) is 1. The first kappa shape index (κ1) is 14.8. The molecular weight excluding hydrogens is 224 g/mol. The Morgan fingerprint density at radius 3 is 2.39 bits per heavy atom. The highest BCUT2D eigenvalue weighted by Crippen LogP contribution is 2.34. The largest absolute Gasteiger partial charge is 0.496 e. The zero-order valence-electron chi connectivity index (χ0n) is 12.2. The van der Waals surface area contributed by atoms with Gasteiger partial charge in [-0.25, -0.2) is 0 Å². The van der Waals surface area contributed by atoms with Gasteiger partial charge in [0.25, 0.3) is 0 Å². The Balaban J connectivity index is 3.29. The predicted molar refractivity (Wildman–Crippen MR) is 78.4 cm³/mol. The number of nitrogens with zero attached hydrogens (tertiary/aromatic N) is 1. The van der Waals surface area contributed by atoms with E-state index in [-0.39, 0.29) is 6.04 Å². The van der Waals surface area contributed by atoms with Crippen LogP contribution in [0, 0.1) is 0 Å². The summed E-state index contributed by atoms with van der Waals surface area (Å²) in [6.45, 7) is 9.61. The Kier molecular flexibility index (Phi) is 5.48. The van der Waals surface area contributed by atoms with Crippen LogP contribution < -0.4 is 15.4 Å². The number of rotatable bonds is 6. The lowest BCUT2D eigenvalue weighted by atomic mass is 10.0. The number of benzene rings is 1. The molecule has 2 N–H and O–H groups in total. The van der Waals surface area contributed by atoms with Crippen LogP contribution in [0.2, 0.25) is 0 Å². The standard InChI is InChI=1S/C15H26N2O/c1-6-11(3)17(7-2)13-9-8-10-14(18-5)15(13)12(4)16/h8-12H,6-7,16H2,1-5H3/t11?,12-/m0/s1. The molecule has 0 radical (unpaired) electrons. The van der Waals surface area contributed by atoms with E-state index in [2.05, 4.69) is 31.7 Å². The molecule has 1 rings (SSSR count). The average molecular weight is 250 g/mol. The van der Waals surface area contributed by atoms with Crippen molar-refractivity contribution in [3.05, 3.63) is 23.8 Å². The van der Waals surface area contributed by atoms with Gasteiger partial charge in [0.15, 0.2) is 0 Å². The van der Waals surface area contributed by atoms with Crippen molar-refractivity contribution in [3.63, 3.8) is 0 Å². The fourth-order valence-corrected chi connectivity index (χ4v) is 2.36. The van der Waals surface area contributed by atoms with E-state index in [0.717, 1.165) is 24.3 Å². The summed E-state index contributed by atoms with van der Waals surface area (Å²) in [4.78, 5) is 2.39. The molecule has 0 bridgehead atoms. The molecule has 0 saturated carbocycles. The molecule has 0 aromatic heterocycles. The minimum Gasteiger partial charge on any atom is -0.496 e. The molecule has 102 valence electrons. The molecule has 2 atom stereocenters. The summed E-state index contributed by atoms with van der Waals surface area (Å²) < 4.78 is 5.45. The second-order valence-electron chi connectivity index (χ2n) is 4.73. The van der Waals surface area contributed by atoms with E-state index in [4.69, 9.17) is 10.5 Å². The Morgan fingerprint density at radius 2 is 1.94 bits per heavy atom. The molecule has 0 amide bonds. The third-order valence-electron chi connectivity index (χ3n) is 3.49. The molecule has 0 fully saturated rings. The highest BCUT2D eigenvalue weighted by atomic mass is 16.5. The van der Waals surface area contributed by atoms with Crippen LogP contribution in [0.15, 0.2) is 18.2 Å². The van der Waals surface area contributed by atoms with E-state index < -0.39 is 0 Å². The van der Waals surface area contributed by atoms with Crippen molar-refractivity contribution in [2.75, 3.05) is 18.6 Å². The zero-order chi connectivity index (χ0) is 13.7. The minimum absolute atomic E-state index is 0.0331. The highest BCUT2D eigenvalue weighted by Gasteiger charge is 2.19. The molecule has 1 aromatic rings. The number of hydrogen-bond acceptors (Lipinski definition) is 3. The molecule has 0 spiro atoms. The van der Waals surface area contributed by atoms with Crippen LogP contribution in [0.1, 0.15) is 45.7 Å². The van der Waals surface area contributed by atoms with Crippen LogP contribution in [-0.4, -0.2) is 19.7 Å². The van der Waals surface area contributed by atoms with Crippen LogP contribution >= 0.6 is 0 Å². The van der Waals surface area contributed by atoms with Crippen LogP contribution in [0.5, 0.6) is 5.75 Å². The van der Waals surface area contributed by atoms with E-state index in [1.165, 1.54) is 5.69 Å². The molecule has 0 aliphatic rings. The molecule has 1 unspecified atom stereocenters. The Hall–Kier alpha value is -1.22. The highest BCUT2D eigenvalue weighted by molar-refractivity contribution is 5.61. The van der Waals surface area contributed by atoms with E-state index in [1.807, 2.05) is 19.1 Å². The molecule has 3 heteroatoms. The number of nitrogens with two attached hydrogens (primary N) is 1. The number of anilines is 1. The van der Waals surface area contributed by atoms with Gasteiger partial charge in [-0.3, -0.25) is 0 Å². The fraction of sp³-hybridized carbons (Fsp3) is 0.600. The topological polar surface area (TPSA) is 38.5 Å². The van der Waals surface area contributed by atoms with Crippen molar-refractivity contribution in [2.24, 2.45) is 5.73 Å². The summed E-state index contributed by atoms with van der Waals surface area (Å²) in [5.74, 6) is 0.879. The van der Waals surface area contributed by atoms with Gasteiger partial charge in [0.1, 0.15) is 5.75 Å². The van der Waals surface area contributed by atoms with Crippen molar-refractivity contribution in [1.29, 1.82) is 0 Å². The molecule has 0 aliphatic carbocycles. The van der Waals surface area contributed by atoms with Gasteiger partial charge in [-0.2, -0.15) is 0 Å².